The summed E-state index contributed by atoms with van der Waals surface area (Å²) in [6.07, 6.45) is 3.31. The molecule has 0 radical (unpaired) electrons. The van der Waals surface area contributed by atoms with Crippen molar-refractivity contribution in [1.29, 1.82) is 0 Å². The van der Waals surface area contributed by atoms with E-state index in [0.717, 1.165) is 19.3 Å². The number of benzene rings is 1. The SMILES string of the molecule is CCCc1noc(-c2cc(S(=O)(=O)NC[C@H]3CCCO3)ccc2OC)n1. The van der Waals surface area contributed by atoms with Gasteiger partial charge >= 0.3 is 0 Å². The Morgan fingerprint density at radius 1 is 1.38 bits per heavy atom. The highest BCUT2D eigenvalue weighted by Crippen LogP contribution is 2.31. The number of hydrogen-bond donors (Lipinski definition) is 1. The number of nitrogens with one attached hydrogen (secondary N) is 1. The van der Waals surface area contributed by atoms with Gasteiger partial charge in [0.2, 0.25) is 10.0 Å². The topological polar surface area (TPSA) is 104 Å². The first-order valence-electron chi connectivity index (χ1n) is 8.65. The zero-order chi connectivity index (χ0) is 18.6. The second-order valence-corrected chi connectivity index (χ2v) is 7.88. The summed E-state index contributed by atoms with van der Waals surface area (Å²) in [5.41, 5.74) is 0.447. The van der Waals surface area contributed by atoms with Gasteiger partial charge in [0.15, 0.2) is 5.82 Å². The Bertz CT molecular complexity index is 844. The van der Waals surface area contributed by atoms with Crippen molar-refractivity contribution < 1.29 is 22.4 Å². The molecule has 1 saturated heterocycles. The van der Waals surface area contributed by atoms with Gasteiger partial charge in [-0.15, -0.1) is 0 Å². The van der Waals surface area contributed by atoms with Crippen LogP contribution in [-0.4, -0.2) is 44.9 Å². The van der Waals surface area contributed by atoms with Crippen LogP contribution in [0.3, 0.4) is 0 Å². The molecule has 2 heterocycles. The molecule has 2 aromatic rings. The van der Waals surface area contributed by atoms with Crippen LogP contribution in [-0.2, 0) is 21.2 Å². The lowest BCUT2D eigenvalue weighted by Crippen LogP contribution is -2.31. The number of nitrogens with zero attached hydrogens (tertiary/aromatic N) is 2. The average molecular weight is 381 g/mol. The number of sulfonamides is 1. The van der Waals surface area contributed by atoms with E-state index in [1.165, 1.54) is 19.2 Å². The van der Waals surface area contributed by atoms with E-state index in [2.05, 4.69) is 14.9 Å². The predicted octanol–water partition coefficient (Wildman–Crippen LogP) is 2.16. The Kier molecular flexibility index (Phi) is 5.90. The van der Waals surface area contributed by atoms with Crippen molar-refractivity contribution in [2.75, 3.05) is 20.3 Å². The van der Waals surface area contributed by atoms with Gasteiger partial charge in [-0.25, -0.2) is 13.1 Å². The fourth-order valence-corrected chi connectivity index (χ4v) is 3.89. The normalized spacial score (nSPS) is 17.5. The standard InChI is InChI=1S/C17H23N3O5S/c1-3-5-16-19-17(25-20-16)14-10-13(7-8-15(14)23-2)26(21,22)18-11-12-6-4-9-24-12/h7-8,10,12,18H,3-6,9,11H2,1-2H3/t12-/m1/s1. The van der Waals surface area contributed by atoms with Gasteiger partial charge in [-0.1, -0.05) is 12.1 Å². The molecule has 1 fully saturated rings. The minimum atomic E-state index is -3.68. The van der Waals surface area contributed by atoms with Gasteiger partial charge in [-0.2, -0.15) is 4.98 Å². The molecule has 1 aliphatic heterocycles. The maximum absolute atomic E-state index is 12.6. The molecule has 1 aromatic heterocycles. The highest BCUT2D eigenvalue weighted by molar-refractivity contribution is 7.89. The van der Waals surface area contributed by atoms with Crippen LogP contribution in [0.1, 0.15) is 32.0 Å². The molecule has 142 valence electrons. The fourth-order valence-electron chi connectivity index (χ4n) is 2.80. The summed E-state index contributed by atoms with van der Waals surface area (Å²) in [5, 5.41) is 3.91. The summed E-state index contributed by atoms with van der Waals surface area (Å²) in [7, 11) is -2.18. The maximum Gasteiger partial charge on any atom is 0.261 e. The first-order chi connectivity index (χ1) is 12.5. The lowest BCUT2D eigenvalue weighted by Gasteiger charge is -2.12. The Hall–Kier alpha value is -1.97. The molecular formula is C17H23N3O5S. The lowest BCUT2D eigenvalue weighted by atomic mass is 10.2. The quantitative estimate of drug-likeness (QED) is 0.747. The molecule has 1 N–H and O–H groups in total. The monoisotopic (exact) mass is 381 g/mol. The first-order valence-corrected chi connectivity index (χ1v) is 10.1. The van der Waals surface area contributed by atoms with Crippen molar-refractivity contribution in [2.24, 2.45) is 0 Å². The van der Waals surface area contributed by atoms with Crippen molar-refractivity contribution >= 4 is 10.0 Å². The minimum Gasteiger partial charge on any atom is -0.496 e. The van der Waals surface area contributed by atoms with Crippen LogP contribution in [0.4, 0.5) is 0 Å². The number of methoxy groups -OCH3 is 1. The summed E-state index contributed by atoms with van der Waals surface area (Å²) in [5.74, 6) is 1.28. The molecule has 0 bridgehead atoms. The van der Waals surface area contributed by atoms with Crippen molar-refractivity contribution in [3.05, 3.63) is 24.0 Å². The molecule has 0 aliphatic carbocycles. The van der Waals surface area contributed by atoms with Gasteiger partial charge in [-0.05, 0) is 37.5 Å². The van der Waals surface area contributed by atoms with Gasteiger partial charge in [0, 0.05) is 19.6 Å². The Morgan fingerprint density at radius 3 is 2.92 bits per heavy atom. The molecule has 9 heteroatoms. The van der Waals surface area contributed by atoms with Crippen molar-refractivity contribution in [3.63, 3.8) is 0 Å². The average Bonchev–Trinajstić information content (AvgIpc) is 3.32. The van der Waals surface area contributed by atoms with Gasteiger partial charge in [0.1, 0.15) is 5.75 Å². The molecule has 1 aliphatic rings. The highest BCUT2D eigenvalue weighted by Gasteiger charge is 2.23. The van der Waals surface area contributed by atoms with Crippen LogP contribution in [0.25, 0.3) is 11.5 Å². The number of aryl methyl sites for hydroxylation is 1. The summed E-state index contributed by atoms with van der Waals surface area (Å²) in [6, 6.07) is 4.56. The largest absolute Gasteiger partial charge is 0.496 e. The van der Waals surface area contributed by atoms with E-state index >= 15 is 0 Å². The number of ether oxygens (including phenoxy) is 2. The molecule has 26 heavy (non-hydrogen) atoms. The molecule has 0 spiro atoms. The summed E-state index contributed by atoms with van der Waals surface area (Å²) >= 11 is 0. The summed E-state index contributed by atoms with van der Waals surface area (Å²) < 4.78 is 43.9. The molecule has 0 amide bonds. The second kappa shape index (κ2) is 8.15. The first kappa shape index (κ1) is 18.8. The van der Waals surface area contributed by atoms with E-state index < -0.39 is 10.0 Å². The minimum absolute atomic E-state index is 0.0740. The van der Waals surface area contributed by atoms with E-state index in [1.807, 2.05) is 6.92 Å². The third-order valence-corrected chi connectivity index (χ3v) is 5.60. The Morgan fingerprint density at radius 2 is 2.23 bits per heavy atom. The lowest BCUT2D eigenvalue weighted by molar-refractivity contribution is 0.114. The van der Waals surface area contributed by atoms with Crippen LogP contribution < -0.4 is 9.46 Å². The van der Waals surface area contributed by atoms with Crippen LogP contribution in [0.5, 0.6) is 5.75 Å². The molecule has 3 rings (SSSR count). The Balaban J connectivity index is 1.85. The van der Waals surface area contributed by atoms with E-state index in [4.69, 9.17) is 14.0 Å². The number of aromatic nitrogens is 2. The van der Waals surface area contributed by atoms with Crippen molar-refractivity contribution in [1.82, 2.24) is 14.9 Å². The molecular weight excluding hydrogens is 358 g/mol. The highest BCUT2D eigenvalue weighted by atomic mass is 32.2. The molecule has 0 unspecified atom stereocenters. The van der Waals surface area contributed by atoms with Crippen LogP contribution in [0.15, 0.2) is 27.6 Å². The predicted molar refractivity (Wildman–Crippen MR) is 94.4 cm³/mol. The van der Waals surface area contributed by atoms with Crippen LogP contribution in [0.2, 0.25) is 0 Å². The van der Waals surface area contributed by atoms with E-state index in [9.17, 15) is 8.42 Å². The smallest absolute Gasteiger partial charge is 0.261 e. The Labute approximate surface area is 152 Å². The summed E-state index contributed by atoms with van der Waals surface area (Å²) in [4.78, 5) is 4.43. The van der Waals surface area contributed by atoms with Gasteiger partial charge in [0.25, 0.3) is 5.89 Å². The van der Waals surface area contributed by atoms with Crippen LogP contribution >= 0.6 is 0 Å². The summed E-state index contributed by atoms with van der Waals surface area (Å²) in [6.45, 7) is 2.95. The second-order valence-electron chi connectivity index (χ2n) is 6.11. The molecule has 1 atom stereocenters. The van der Waals surface area contributed by atoms with Gasteiger partial charge in [0.05, 0.1) is 23.7 Å². The van der Waals surface area contributed by atoms with Crippen molar-refractivity contribution in [3.8, 4) is 17.2 Å². The maximum atomic E-state index is 12.6. The third kappa shape index (κ3) is 4.22. The van der Waals surface area contributed by atoms with Crippen LogP contribution in [0, 0.1) is 0 Å². The van der Waals surface area contributed by atoms with Crippen molar-refractivity contribution in [2.45, 2.75) is 43.6 Å². The van der Waals surface area contributed by atoms with Gasteiger partial charge < -0.3 is 14.0 Å². The zero-order valence-electron chi connectivity index (χ0n) is 14.9. The van der Waals surface area contributed by atoms with Gasteiger partial charge in [-0.3, -0.25) is 0 Å². The fraction of sp³-hybridized carbons (Fsp3) is 0.529. The third-order valence-electron chi connectivity index (χ3n) is 4.18. The number of hydrogen-bond acceptors (Lipinski definition) is 7. The van der Waals surface area contributed by atoms with E-state index in [-0.39, 0.29) is 23.4 Å². The zero-order valence-corrected chi connectivity index (χ0v) is 15.7. The van der Waals surface area contributed by atoms with E-state index in [1.54, 1.807) is 6.07 Å². The number of rotatable bonds is 8. The van der Waals surface area contributed by atoms with E-state index in [0.29, 0.717) is 30.2 Å². The molecule has 1 aromatic carbocycles. The molecule has 0 saturated carbocycles. The molecule has 8 nitrogen and oxygen atoms in total.